The first-order chi connectivity index (χ1) is 12.8. The van der Waals surface area contributed by atoms with Crippen molar-refractivity contribution >= 4 is 0 Å². The molecule has 1 N–H and O–H groups in total. The normalized spacial score (nSPS) is 17.7. The molecule has 4 rings (SSSR count). The Morgan fingerprint density at radius 1 is 1.04 bits per heavy atom. The van der Waals surface area contributed by atoms with Crippen molar-refractivity contribution in [3.05, 3.63) is 66.4 Å². The molecule has 2 heterocycles. The standard InChI is InChI=1S/C22H25N3O/c1-26-16-17-11-12-25(14-17)15-21-13-23-24-22(21)20-9-7-19(8-10-20)18-5-3-2-4-6-18/h2-10,13,17H,11-12,14-16H2,1H3,(H,23,24). The molecule has 0 saturated carbocycles. The van der Waals surface area contributed by atoms with E-state index in [0.717, 1.165) is 31.9 Å². The molecule has 0 spiro atoms. The summed E-state index contributed by atoms with van der Waals surface area (Å²) in [5.74, 6) is 0.653. The van der Waals surface area contributed by atoms with Gasteiger partial charge in [-0.1, -0.05) is 54.6 Å². The van der Waals surface area contributed by atoms with E-state index < -0.39 is 0 Å². The van der Waals surface area contributed by atoms with E-state index in [1.54, 1.807) is 7.11 Å². The van der Waals surface area contributed by atoms with E-state index >= 15 is 0 Å². The highest BCUT2D eigenvalue weighted by atomic mass is 16.5. The number of methoxy groups -OCH3 is 1. The fourth-order valence-electron chi connectivity index (χ4n) is 3.81. The third-order valence-electron chi connectivity index (χ3n) is 5.16. The van der Waals surface area contributed by atoms with Gasteiger partial charge in [0.25, 0.3) is 0 Å². The van der Waals surface area contributed by atoms with Crippen LogP contribution in [0.25, 0.3) is 22.4 Å². The van der Waals surface area contributed by atoms with Crippen molar-refractivity contribution in [3.8, 4) is 22.4 Å². The van der Waals surface area contributed by atoms with Crippen LogP contribution in [-0.2, 0) is 11.3 Å². The molecule has 134 valence electrons. The van der Waals surface area contributed by atoms with Crippen LogP contribution in [0.2, 0.25) is 0 Å². The number of ether oxygens (including phenoxy) is 1. The quantitative estimate of drug-likeness (QED) is 0.726. The Hall–Kier alpha value is -2.43. The Labute approximate surface area is 154 Å². The van der Waals surface area contributed by atoms with Gasteiger partial charge >= 0.3 is 0 Å². The second-order valence-electron chi connectivity index (χ2n) is 7.06. The lowest BCUT2D eigenvalue weighted by Crippen LogP contribution is -2.21. The zero-order valence-electron chi connectivity index (χ0n) is 15.2. The van der Waals surface area contributed by atoms with E-state index in [2.05, 4.69) is 63.6 Å². The van der Waals surface area contributed by atoms with Crippen LogP contribution in [-0.4, -0.2) is 41.9 Å². The minimum Gasteiger partial charge on any atom is -0.384 e. The van der Waals surface area contributed by atoms with E-state index in [0.29, 0.717) is 5.92 Å². The van der Waals surface area contributed by atoms with Crippen LogP contribution >= 0.6 is 0 Å². The van der Waals surface area contributed by atoms with E-state index in [1.807, 2.05) is 12.3 Å². The van der Waals surface area contributed by atoms with Crippen molar-refractivity contribution in [2.75, 3.05) is 26.8 Å². The van der Waals surface area contributed by atoms with Gasteiger partial charge in [0, 0.05) is 25.8 Å². The molecule has 4 nitrogen and oxygen atoms in total. The van der Waals surface area contributed by atoms with Gasteiger partial charge in [0.05, 0.1) is 18.5 Å². The number of aromatic nitrogens is 2. The highest BCUT2D eigenvalue weighted by molar-refractivity contribution is 5.69. The molecule has 1 aliphatic heterocycles. The number of H-pyrrole nitrogens is 1. The summed E-state index contributed by atoms with van der Waals surface area (Å²) in [5, 5.41) is 7.49. The first-order valence-electron chi connectivity index (χ1n) is 9.23. The molecule has 0 radical (unpaired) electrons. The number of nitrogens with one attached hydrogen (secondary N) is 1. The molecular formula is C22H25N3O. The third kappa shape index (κ3) is 3.71. The maximum Gasteiger partial charge on any atom is 0.0695 e. The molecule has 1 unspecified atom stereocenters. The molecular weight excluding hydrogens is 322 g/mol. The minimum atomic E-state index is 0.653. The Morgan fingerprint density at radius 2 is 1.77 bits per heavy atom. The summed E-state index contributed by atoms with van der Waals surface area (Å²) in [7, 11) is 1.79. The first-order valence-corrected chi connectivity index (χ1v) is 9.23. The minimum absolute atomic E-state index is 0.653. The van der Waals surface area contributed by atoms with E-state index in [1.165, 1.54) is 28.7 Å². The Bertz CT molecular complexity index is 826. The van der Waals surface area contributed by atoms with Gasteiger partial charge in [0.1, 0.15) is 0 Å². The van der Waals surface area contributed by atoms with Gasteiger partial charge in [-0.3, -0.25) is 10.00 Å². The molecule has 1 fully saturated rings. The van der Waals surface area contributed by atoms with Gasteiger partial charge in [-0.15, -0.1) is 0 Å². The summed E-state index contributed by atoms with van der Waals surface area (Å²) in [4.78, 5) is 2.50. The third-order valence-corrected chi connectivity index (χ3v) is 5.16. The van der Waals surface area contributed by atoms with Gasteiger partial charge in [0.15, 0.2) is 0 Å². The topological polar surface area (TPSA) is 41.1 Å². The molecule has 1 saturated heterocycles. The van der Waals surface area contributed by atoms with Gasteiger partial charge < -0.3 is 4.74 Å². The van der Waals surface area contributed by atoms with Crippen molar-refractivity contribution in [3.63, 3.8) is 0 Å². The molecule has 0 amide bonds. The zero-order chi connectivity index (χ0) is 17.8. The fraction of sp³-hybridized carbons (Fsp3) is 0.318. The van der Waals surface area contributed by atoms with Crippen molar-refractivity contribution in [1.29, 1.82) is 0 Å². The molecule has 1 atom stereocenters. The molecule has 2 aromatic carbocycles. The van der Waals surface area contributed by atoms with Gasteiger partial charge in [-0.25, -0.2) is 0 Å². The maximum absolute atomic E-state index is 5.30. The van der Waals surface area contributed by atoms with Crippen LogP contribution in [0.5, 0.6) is 0 Å². The maximum atomic E-state index is 5.30. The lowest BCUT2D eigenvalue weighted by molar-refractivity contribution is 0.152. The lowest BCUT2D eigenvalue weighted by Gasteiger charge is -2.16. The summed E-state index contributed by atoms with van der Waals surface area (Å²) < 4.78 is 5.30. The number of benzene rings is 2. The number of nitrogens with zero attached hydrogens (tertiary/aromatic N) is 2. The number of aromatic amines is 1. The summed E-state index contributed by atoms with van der Waals surface area (Å²) in [5.41, 5.74) is 6.04. The molecule has 1 aliphatic rings. The zero-order valence-corrected chi connectivity index (χ0v) is 15.2. The van der Waals surface area contributed by atoms with Crippen molar-refractivity contribution in [1.82, 2.24) is 15.1 Å². The Balaban J connectivity index is 1.48. The van der Waals surface area contributed by atoms with Crippen LogP contribution in [0.15, 0.2) is 60.8 Å². The molecule has 0 bridgehead atoms. The number of hydrogen-bond donors (Lipinski definition) is 1. The second-order valence-corrected chi connectivity index (χ2v) is 7.06. The number of rotatable bonds is 6. The Morgan fingerprint density at radius 3 is 2.54 bits per heavy atom. The van der Waals surface area contributed by atoms with Crippen LogP contribution in [0.4, 0.5) is 0 Å². The predicted molar refractivity (Wildman–Crippen MR) is 105 cm³/mol. The summed E-state index contributed by atoms with van der Waals surface area (Å²) in [6, 6.07) is 19.2. The molecule has 3 aromatic rings. The number of likely N-dealkylation sites (tertiary alicyclic amines) is 1. The average Bonchev–Trinajstić information content (AvgIpc) is 3.33. The number of hydrogen-bond acceptors (Lipinski definition) is 3. The van der Waals surface area contributed by atoms with Crippen LogP contribution < -0.4 is 0 Å². The van der Waals surface area contributed by atoms with Crippen LogP contribution in [0.3, 0.4) is 0 Å². The van der Waals surface area contributed by atoms with E-state index in [-0.39, 0.29) is 0 Å². The fourth-order valence-corrected chi connectivity index (χ4v) is 3.81. The highest BCUT2D eigenvalue weighted by Gasteiger charge is 2.23. The van der Waals surface area contributed by atoms with Crippen molar-refractivity contribution < 1.29 is 4.74 Å². The predicted octanol–water partition coefficient (Wildman–Crippen LogP) is 4.21. The van der Waals surface area contributed by atoms with Gasteiger partial charge in [0.2, 0.25) is 0 Å². The van der Waals surface area contributed by atoms with E-state index in [9.17, 15) is 0 Å². The van der Waals surface area contributed by atoms with Crippen LogP contribution in [0.1, 0.15) is 12.0 Å². The monoisotopic (exact) mass is 347 g/mol. The second kappa shape index (κ2) is 7.85. The molecule has 1 aromatic heterocycles. The molecule has 4 heteroatoms. The van der Waals surface area contributed by atoms with Gasteiger partial charge in [-0.2, -0.15) is 5.10 Å². The largest absolute Gasteiger partial charge is 0.384 e. The summed E-state index contributed by atoms with van der Waals surface area (Å²) in [6.45, 7) is 4.03. The highest BCUT2D eigenvalue weighted by Crippen LogP contribution is 2.27. The van der Waals surface area contributed by atoms with Gasteiger partial charge in [-0.05, 0) is 35.6 Å². The molecule has 26 heavy (non-hydrogen) atoms. The average molecular weight is 347 g/mol. The Kier molecular flexibility index (Phi) is 5.14. The van der Waals surface area contributed by atoms with Crippen molar-refractivity contribution in [2.24, 2.45) is 5.92 Å². The lowest BCUT2D eigenvalue weighted by atomic mass is 10.0. The summed E-state index contributed by atoms with van der Waals surface area (Å²) in [6.07, 6.45) is 3.18. The van der Waals surface area contributed by atoms with E-state index in [4.69, 9.17) is 4.74 Å². The SMILES string of the molecule is COCC1CCN(Cc2cn[nH]c2-c2ccc(-c3ccccc3)cc2)C1. The van der Waals surface area contributed by atoms with Crippen LogP contribution in [0, 0.1) is 5.92 Å². The summed E-state index contributed by atoms with van der Waals surface area (Å²) >= 11 is 0. The molecule has 0 aliphatic carbocycles. The first kappa shape index (κ1) is 17.0. The van der Waals surface area contributed by atoms with Crippen molar-refractivity contribution in [2.45, 2.75) is 13.0 Å². The smallest absolute Gasteiger partial charge is 0.0695 e.